The molecule has 0 saturated carbocycles. The standard InChI is InChI=1S/C31H32F3N7O4/c1-19-6-4-5-7-23(19)39-30(43)44-22-17-26(41(3)18-22)24-10-13-35-29(37-24)38-25-9-8-20(16-27(25)45-31(32,33)34)28(42)36-21-11-14-40(2)15-12-21/h4-10,13,16-18,21H,11-12,14-15H2,1-3H3,(H,36,42)(H,39,43)(H,35,37,38). The van der Waals surface area contributed by atoms with Crippen LogP contribution in [0.4, 0.5) is 35.3 Å². The number of carbonyl (C=O) groups excluding carboxylic acids is 2. The molecule has 1 saturated heterocycles. The van der Waals surface area contributed by atoms with Crippen molar-refractivity contribution in [2.24, 2.45) is 7.05 Å². The third kappa shape index (κ3) is 8.29. The van der Waals surface area contributed by atoms with Crippen LogP contribution in [-0.4, -0.2) is 64.0 Å². The number of benzene rings is 2. The number of carbonyl (C=O) groups is 2. The van der Waals surface area contributed by atoms with E-state index in [0.717, 1.165) is 37.6 Å². The molecule has 2 amide bonds. The van der Waals surface area contributed by atoms with Crippen molar-refractivity contribution in [3.63, 3.8) is 0 Å². The first-order valence-electron chi connectivity index (χ1n) is 14.1. The lowest BCUT2D eigenvalue weighted by atomic mass is 10.0. The normalized spacial score (nSPS) is 14.1. The highest BCUT2D eigenvalue weighted by molar-refractivity contribution is 5.95. The van der Waals surface area contributed by atoms with Gasteiger partial charge in [-0.2, -0.15) is 0 Å². The van der Waals surface area contributed by atoms with Gasteiger partial charge in [0.1, 0.15) is 0 Å². The molecule has 14 heteroatoms. The third-order valence-electron chi connectivity index (χ3n) is 7.26. The summed E-state index contributed by atoms with van der Waals surface area (Å²) >= 11 is 0. The number of halogens is 3. The summed E-state index contributed by atoms with van der Waals surface area (Å²) in [5, 5.41) is 8.34. The summed E-state index contributed by atoms with van der Waals surface area (Å²) in [7, 11) is 3.71. The molecule has 0 atom stereocenters. The maximum atomic E-state index is 13.3. The summed E-state index contributed by atoms with van der Waals surface area (Å²) in [5.41, 5.74) is 2.37. The van der Waals surface area contributed by atoms with Gasteiger partial charge in [-0.3, -0.25) is 10.1 Å². The number of amides is 2. The Morgan fingerprint density at radius 2 is 1.76 bits per heavy atom. The Kier molecular flexibility index (Phi) is 9.23. The first-order chi connectivity index (χ1) is 21.4. The Morgan fingerprint density at radius 1 is 1.00 bits per heavy atom. The smallest absolute Gasteiger partial charge is 0.408 e. The number of hydrogen-bond donors (Lipinski definition) is 3. The molecule has 3 heterocycles. The maximum Gasteiger partial charge on any atom is 0.573 e. The average Bonchev–Trinajstić information content (AvgIpc) is 3.35. The summed E-state index contributed by atoms with van der Waals surface area (Å²) in [6.45, 7) is 3.49. The maximum absolute atomic E-state index is 13.3. The molecule has 2 aromatic heterocycles. The predicted octanol–water partition coefficient (Wildman–Crippen LogP) is 5.87. The summed E-state index contributed by atoms with van der Waals surface area (Å²) in [4.78, 5) is 36.0. The van der Waals surface area contributed by atoms with Crippen LogP contribution in [0, 0.1) is 6.92 Å². The zero-order valence-corrected chi connectivity index (χ0v) is 24.8. The monoisotopic (exact) mass is 623 g/mol. The minimum Gasteiger partial charge on any atom is -0.408 e. The van der Waals surface area contributed by atoms with E-state index in [1.54, 1.807) is 42.1 Å². The second-order valence-electron chi connectivity index (χ2n) is 10.7. The molecule has 11 nitrogen and oxygen atoms in total. The van der Waals surface area contributed by atoms with Crippen LogP contribution in [0.15, 0.2) is 67.0 Å². The number of nitrogens with zero attached hydrogens (tertiary/aromatic N) is 4. The molecule has 4 aromatic rings. The van der Waals surface area contributed by atoms with Crippen LogP contribution in [0.2, 0.25) is 0 Å². The van der Waals surface area contributed by atoms with Crippen molar-refractivity contribution in [3.8, 4) is 22.9 Å². The number of aromatic nitrogens is 3. The van der Waals surface area contributed by atoms with Crippen molar-refractivity contribution in [3.05, 3.63) is 78.1 Å². The van der Waals surface area contributed by atoms with E-state index in [1.807, 2.05) is 26.1 Å². The molecule has 45 heavy (non-hydrogen) atoms. The van der Waals surface area contributed by atoms with Gasteiger partial charge in [0.2, 0.25) is 5.95 Å². The third-order valence-corrected chi connectivity index (χ3v) is 7.26. The number of aryl methyl sites for hydroxylation is 2. The van der Waals surface area contributed by atoms with Crippen molar-refractivity contribution in [1.29, 1.82) is 0 Å². The highest BCUT2D eigenvalue weighted by Crippen LogP contribution is 2.33. The Morgan fingerprint density at radius 3 is 2.49 bits per heavy atom. The Balaban J connectivity index is 1.31. The molecule has 0 unspecified atom stereocenters. The average molecular weight is 624 g/mol. The zero-order chi connectivity index (χ0) is 32.1. The Bertz CT molecular complexity index is 1680. The number of anilines is 3. The van der Waals surface area contributed by atoms with Gasteiger partial charge in [0, 0.05) is 42.8 Å². The van der Waals surface area contributed by atoms with Crippen LogP contribution >= 0.6 is 0 Å². The van der Waals surface area contributed by atoms with Gasteiger partial charge in [-0.15, -0.1) is 13.2 Å². The van der Waals surface area contributed by atoms with Gasteiger partial charge >= 0.3 is 12.5 Å². The van der Waals surface area contributed by atoms with Gasteiger partial charge in [-0.1, -0.05) is 18.2 Å². The van der Waals surface area contributed by atoms with Gasteiger partial charge in [0.25, 0.3) is 5.91 Å². The summed E-state index contributed by atoms with van der Waals surface area (Å²) < 4.78 is 51.4. The SMILES string of the molecule is Cc1ccccc1NC(=O)Oc1cc(-c2ccnc(Nc3ccc(C(=O)NC4CCN(C)CC4)cc3OC(F)(F)F)n2)n(C)c1. The number of nitrogens with one attached hydrogen (secondary N) is 3. The lowest BCUT2D eigenvalue weighted by Gasteiger charge is -2.29. The van der Waals surface area contributed by atoms with E-state index in [2.05, 4.69) is 35.6 Å². The summed E-state index contributed by atoms with van der Waals surface area (Å²) in [5.74, 6) is -0.872. The second-order valence-corrected chi connectivity index (χ2v) is 10.7. The molecule has 2 aromatic carbocycles. The van der Waals surface area contributed by atoms with Crippen molar-refractivity contribution in [2.45, 2.75) is 32.2 Å². The fourth-order valence-electron chi connectivity index (χ4n) is 4.88. The number of piperidine rings is 1. The molecule has 1 fully saturated rings. The Hall–Kier alpha value is -5.11. The van der Waals surface area contributed by atoms with Crippen molar-refractivity contribution in [1.82, 2.24) is 24.8 Å². The summed E-state index contributed by atoms with van der Waals surface area (Å²) in [6.07, 6.45) is -1.17. The molecular formula is C31H32F3N7O4. The first kappa shape index (κ1) is 31.3. The van der Waals surface area contributed by atoms with Crippen LogP contribution in [0.5, 0.6) is 11.5 Å². The number of hydrogen-bond acceptors (Lipinski definition) is 8. The minimum absolute atomic E-state index is 0.0241. The molecule has 1 aliphatic rings. The molecule has 236 valence electrons. The van der Waals surface area contributed by atoms with Crippen LogP contribution in [-0.2, 0) is 7.05 Å². The predicted molar refractivity (Wildman–Crippen MR) is 162 cm³/mol. The second kappa shape index (κ2) is 13.3. The molecular weight excluding hydrogens is 591 g/mol. The number of alkyl halides is 3. The zero-order valence-electron chi connectivity index (χ0n) is 24.8. The Labute approximate surface area is 257 Å². The van der Waals surface area contributed by atoms with Crippen molar-refractivity contribution in [2.75, 3.05) is 30.8 Å². The largest absolute Gasteiger partial charge is 0.573 e. The molecule has 1 aliphatic heterocycles. The van der Waals surface area contributed by atoms with E-state index in [0.29, 0.717) is 17.1 Å². The molecule has 0 bridgehead atoms. The van der Waals surface area contributed by atoms with Gasteiger partial charge in [-0.05, 0) is 75.8 Å². The quantitative estimate of drug-likeness (QED) is 0.223. The number of para-hydroxylation sites is 1. The van der Waals surface area contributed by atoms with E-state index in [4.69, 9.17) is 4.74 Å². The number of ether oxygens (including phenoxy) is 2. The molecule has 3 N–H and O–H groups in total. The minimum atomic E-state index is -5.01. The van der Waals surface area contributed by atoms with E-state index in [-0.39, 0.29) is 29.0 Å². The highest BCUT2D eigenvalue weighted by Gasteiger charge is 2.33. The topological polar surface area (TPSA) is 123 Å². The lowest BCUT2D eigenvalue weighted by molar-refractivity contribution is -0.274. The van der Waals surface area contributed by atoms with Crippen LogP contribution in [0.1, 0.15) is 28.8 Å². The van der Waals surface area contributed by atoms with Crippen LogP contribution in [0.25, 0.3) is 11.4 Å². The van der Waals surface area contributed by atoms with E-state index < -0.39 is 24.1 Å². The van der Waals surface area contributed by atoms with E-state index >= 15 is 0 Å². The molecule has 0 spiro atoms. The molecule has 5 rings (SSSR count). The highest BCUT2D eigenvalue weighted by atomic mass is 19.4. The summed E-state index contributed by atoms with van der Waals surface area (Å²) in [6, 6.07) is 14.1. The van der Waals surface area contributed by atoms with Gasteiger partial charge in [0.15, 0.2) is 11.5 Å². The number of likely N-dealkylation sites (tertiary alicyclic amines) is 1. The van der Waals surface area contributed by atoms with Crippen LogP contribution < -0.4 is 25.4 Å². The van der Waals surface area contributed by atoms with Crippen LogP contribution in [0.3, 0.4) is 0 Å². The molecule has 0 aliphatic carbocycles. The van der Waals surface area contributed by atoms with Gasteiger partial charge < -0.3 is 29.6 Å². The lowest BCUT2D eigenvalue weighted by Crippen LogP contribution is -2.43. The first-order valence-corrected chi connectivity index (χ1v) is 14.1. The van der Waals surface area contributed by atoms with Gasteiger partial charge in [0.05, 0.1) is 17.1 Å². The fourth-order valence-corrected chi connectivity index (χ4v) is 4.88. The fraction of sp³-hybridized carbons (Fsp3) is 0.290. The molecule has 0 radical (unpaired) electrons. The van der Waals surface area contributed by atoms with Crippen molar-refractivity contribution >= 4 is 29.3 Å². The number of rotatable bonds is 8. The van der Waals surface area contributed by atoms with E-state index in [1.165, 1.54) is 18.3 Å². The van der Waals surface area contributed by atoms with E-state index in [9.17, 15) is 22.8 Å². The van der Waals surface area contributed by atoms with Crippen molar-refractivity contribution < 1.29 is 32.2 Å². The van der Waals surface area contributed by atoms with Gasteiger partial charge in [-0.25, -0.2) is 14.8 Å².